The number of fused-ring (bicyclic) bond motifs is 1. The molecule has 0 spiro atoms. The Hall–Kier alpha value is -3.86. The molecule has 1 atom stereocenters. The second-order valence-electron chi connectivity index (χ2n) is 7.50. The van der Waals surface area contributed by atoms with Crippen LogP contribution in [0.15, 0.2) is 59.1 Å². The molecule has 1 aliphatic rings. The Kier molecular flexibility index (Phi) is 5.70. The molecule has 34 heavy (non-hydrogen) atoms. The minimum absolute atomic E-state index is 0.161. The van der Waals surface area contributed by atoms with Crippen molar-refractivity contribution in [3.63, 3.8) is 0 Å². The molecule has 0 bridgehead atoms. The Labute approximate surface area is 191 Å². The van der Waals surface area contributed by atoms with E-state index < -0.39 is 6.36 Å². The second-order valence-corrected chi connectivity index (χ2v) is 7.50. The highest BCUT2D eigenvalue weighted by Crippen LogP contribution is 2.31. The van der Waals surface area contributed by atoms with Gasteiger partial charge in [-0.2, -0.15) is 10.1 Å². The van der Waals surface area contributed by atoms with E-state index in [1.807, 2.05) is 41.9 Å². The normalized spacial score (nSPS) is 15.7. The highest BCUT2D eigenvalue weighted by atomic mass is 19.4. The maximum absolute atomic E-state index is 12.3. The zero-order chi connectivity index (χ0) is 23.7. The van der Waals surface area contributed by atoms with Crippen molar-refractivity contribution < 1.29 is 31.9 Å². The van der Waals surface area contributed by atoms with E-state index in [4.69, 9.17) is 14.0 Å². The van der Waals surface area contributed by atoms with Crippen LogP contribution in [0.2, 0.25) is 0 Å². The van der Waals surface area contributed by atoms with Crippen molar-refractivity contribution in [3.05, 3.63) is 65.9 Å². The van der Waals surface area contributed by atoms with Crippen molar-refractivity contribution in [2.75, 3.05) is 6.61 Å². The third kappa shape index (κ3) is 4.74. The third-order valence-electron chi connectivity index (χ3n) is 5.19. The molecule has 0 unspecified atom stereocenters. The van der Waals surface area contributed by atoms with Crippen LogP contribution in [0.3, 0.4) is 0 Å². The van der Waals surface area contributed by atoms with Gasteiger partial charge in [-0.05, 0) is 55.0 Å². The summed E-state index contributed by atoms with van der Waals surface area (Å²) < 4.78 is 59.5. The fraction of sp³-hybridized carbons (Fsp3) is 0.261. The Bertz CT molecular complexity index is 1270. The molecule has 0 aliphatic carbocycles. The van der Waals surface area contributed by atoms with Gasteiger partial charge < -0.3 is 18.7 Å². The van der Waals surface area contributed by atoms with E-state index in [1.54, 1.807) is 0 Å². The summed E-state index contributed by atoms with van der Waals surface area (Å²) in [5.41, 5.74) is 2.85. The van der Waals surface area contributed by atoms with Crippen LogP contribution >= 0.6 is 0 Å². The minimum atomic E-state index is -4.75. The number of hydrogen-bond donors (Lipinski definition) is 0. The molecule has 2 aromatic heterocycles. The molecule has 8 nitrogen and oxygen atoms in total. The molecule has 0 N–H and O–H groups in total. The number of hydrogen-bond acceptors (Lipinski definition) is 7. The first-order valence-electron chi connectivity index (χ1n) is 10.5. The van der Waals surface area contributed by atoms with Gasteiger partial charge in [0, 0.05) is 5.56 Å². The van der Waals surface area contributed by atoms with E-state index in [9.17, 15) is 13.2 Å². The summed E-state index contributed by atoms with van der Waals surface area (Å²) >= 11 is 0. The summed E-state index contributed by atoms with van der Waals surface area (Å²) in [5.74, 6) is 0.899. The van der Waals surface area contributed by atoms with Gasteiger partial charge in [-0.25, -0.2) is 0 Å². The number of benzene rings is 2. The fourth-order valence-electron chi connectivity index (χ4n) is 3.63. The van der Waals surface area contributed by atoms with Gasteiger partial charge in [0.2, 0.25) is 5.82 Å². The number of nitrogens with zero attached hydrogens (tertiary/aromatic N) is 4. The first kappa shape index (κ1) is 22.0. The summed E-state index contributed by atoms with van der Waals surface area (Å²) in [4.78, 5) is 4.33. The first-order valence-corrected chi connectivity index (χ1v) is 10.5. The van der Waals surface area contributed by atoms with E-state index in [0.717, 1.165) is 17.0 Å². The molecular weight excluding hydrogens is 453 g/mol. The van der Waals surface area contributed by atoms with E-state index in [-0.39, 0.29) is 23.6 Å². The standard InChI is InChI=1S/C23H19F3N4O4/c1-2-31-17-7-3-14(4-8-17)20-12-30-16(13-32-20)11-19(28-30)22-27-21(29-34-22)15-5-9-18(10-6-15)33-23(24,25)26/h3-11,20H,2,12-13H2,1H3/t20-/m1/s1. The van der Waals surface area contributed by atoms with Crippen LogP contribution in [-0.4, -0.2) is 32.9 Å². The van der Waals surface area contributed by atoms with Crippen molar-refractivity contribution in [1.82, 2.24) is 19.9 Å². The van der Waals surface area contributed by atoms with Crippen molar-refractivity contribution in [1.29, 1.82) is 0 Å². The maximum Gasteiger partial charge on any atom is 0.573 e. The Morgan fingerprint density at radius 2 is 1.79 bits per heavy atom. The van der Waals surface area contributed by atoms with Crippen LogP contribution in [-0.2, 0) is 17.9 Å². The lowest BCUT2D eigenvalue weighted by Crippen LogP contribution is -2.21. The molecule has 3 heterocycles. The van der Waals surface area contributed by atoms with E-state index in [2.05, 4.69) is 20.0 Å². The van der Waals surface area contributed by atoms with Crippen molar-refractivity contribution >= 4 is 0 Å². The lowest BCUT2D eigenvalue weighted by Gasteiger charge is -2.24. The van der Waals surface area contributed by atoms with Crippen LogP contribution in [0, 0.1) is 0 Å². The van der Waals surface area contributed by atoms with Crippen LogP contribution in [0.4, 0.5) is 13.2 Å². The van der Waals surface area contributed by atoms with Crippen molar-refractivity contribution in [3.8, 4) is 34.5 Å². The van der Waals surface area contributed by atoms with Crippen molar-refractivity contribution in [2.24, 2.45) is 0 Å². The molecule has 4 aromatic rings. The average Bonchev–Trinajstić information content (AvgIpc) is 3.46. The largest absolute Gasteiger partial charge is 0.573 e. The van der Waals surface area contributed by atoms with Crippen LogP contribution in [0.1, 0.15) is 24.3 Å². The van der Waals surface area contributed by atoms with Gasteiger partial charge in [-0.3, -0.25) is 4.68 Å². The second kappa shape index (κ2) is 8.82. The van der Waals surface area contributed by atoms with Gasteiger partial charge in [-0.15, -0.1) is 13.2 Å². The molecule has 0 radical (unpaired) electrons. The molecule has 0 saturated carbocycles. The highest BCUT2D eigenvalue weighted by Gasteiger charge is 2.31. The van der Waals surface area contributed by atoms with Crippen LogP contribution in [0.5, 0.6) is 11.5 Å². The fourth-order valence-corrected chi connectivity index (χ4v) is 3.63. The summed E-state index contributed by atoms with van der Waals surface area (Å²) in [6, 6.07) is 14.8. The number of halogens is 3. The number of aromatic nitrogens is 4. The predicted octanol–water partition coefficient (Wildman–Crippen LogP) is 5.17. The number of alkyl halides is 3. The lowest BCUT2D eigenvalue weighted by molar-refractivity contribution is -0.274. The molecule has 1 aliphatic heterocycles. The Morgan fingerprint density at radius 3 is 2.50 bits per heavy atom. The molecule has 11 heteroatoms. The zero-order valence-electron chi connectivity index (χ0n) is 18.0. The monoisotopic (exact) mass is 472 g/mol. The quantitative estimate of drug-likeness (QED) is 0.383. The summed E-state index contributed by atoms with van der Waals surface area (Å²) in [6.45, 7) is 3.43. The van der Waals surface area contributed by atoms with Gasteiger partial charge in [0.15, 0.2) is 5.69 Å². The minimum Gasteiger partial charge on any atom is -0.494 e. The van der Waals surface area contributed by atoms with Gasteiger partial charge in [0.25, 0.3) is 5.89 Å². The molecule has 0 fully saturated rings. The van der Waals surface area contributed by atoms with Crippen LogP contribution < -0.4 is 9.47 Å². The molecule has 5 rings (SSSR count). The number of rotatable bonds is 6. The summed E-state index contributed by atoms with van der Waals surface area (Å²) in [7, 11) is 0. The Balaban J connectivity index is 1.30. The summed E-state index contributed by atoms with van der Waals surface area (Å²) in [6.07, 6.45) is -4.91. The van der Waals surface area contributed by atoms with E-state index >= 15 is 0 Å². The molecule has 2 aromatic carbocycles. The first-order chi connectivity index (χ1) is 16.4. The molecule has 176 valence electrons. The van der Waals surface area contributed by atoms with Gasteiger partial charge >= 0.3 is 6.36 Å². The SMILES string of the molecule is CCOc1ccc([C@H]2Cn3nc(-c4nc(-c5ccc(OC(F)(F)F)cc5)no4)cc3CO2)cc1. The highest BCUT2D eigenvalue weighted by molar-refractivity contribution is 5.59. The number of ether oxygens (including phenoxy) is 3. The summed E-state index contributed by atoms with van der Waals surface area (Å²) in [5, 5.41) is 8.49. The topological polar surface area (TPSA) is 84.4 Å². The average molecular weight is 472 g/mol. The molecular formula is C23H19F3N4O4. The van der Waals surface area contributed by atoms with Gasteiger partial charge in [-0.1, -0.05) is 17.3 Å². The van der Waals surface area contributed by atoms with Gasteiger partial charge in [0.1, 0.15) is 17.6 Å². The maximum atomic E-state index is 12.3. The van der Waals surface area contributed by atoms with Gasteiger partial charge in [0.05, 0.1) is 25.5 Å². The van der Waals surface area contributed by atoms with Crippen LogP contribution in [0.25, 0.3) is 23.0 Å². The van der Waals surface area contributed by atoms with Crippen molar-refractivity contribution in [2.45, 2.75) is 32.5 Å². The smallest absolute Gasteiger partial charge is 0.494 e. The lowest BCUT2D eigenvalue weighted by atomic mass is 10.1. The van der Waals surface area contributed by atoms with E-state index in [0.29, 0.717) is 31.0 Å². The molecule has 0 amide bonds. The molecule has 0 saturated heterocycles. The zero-order valence-corrected chi connectivity index (χ0v) is 18.0. The third-order valence-corrected chi connectivity index (χ3v) is 5.19. The predicted molar refractivity (Wildman–Crippen MR) is 113 cm³/mol. The Morgan fingerprint density at radius 1 is 1.06 bits per heavy atom. The van der Waals surface area contributed by atoms with E-state index in [1.165, 1.54) is 24.3 Å².